The molecule has 0 fully saturated rings. The first-order valence-electron chi connectivity index (χ1n) is 4.35. The summed E-state index contributed by atoms with van der Waals surface area (Å²) >= 11 is 10.9. The van der Waals surface area contributed by atoms with Gasteiger partial charge >= 0.3 is 0 Å². The molecule has 6 heteroatoms. The zero-order valence-corrected chi connectivity index (χ0v) is 10.9. The Morgan fingerprint density at radius 3 is 2.73 bits per heavy atom. The molecule has 1 nitrogen and oxygen atoms in total. The minimum Gasteiger partial charge on any atom is -0.375 e. The molecule has 0 aliphatic carbocycles. The van der Waals surface area contributed by atoms with E-state index in [1.807, 2.05) is 12.1 Å². The van der Waals surface area contributed by atoms with Gasteiger partial charge in [-0.3, -0.25) is 0 Å². The smallest absolute Gasteiger partial charge is 0.261 e. The lowest BCUT2D eigenvalue weighted by Gasteiger charge is -2.07. The van der Waals surface area contributed by atoms with Crippen molar-refractivity contribution in [2.45, 2.75) is 18.2 Å². The van der Waals surface area contributed by atoms with Crippen LogP contribution in [0.3, 0.4) is 0 Å². The van der Waals surface area contributed by atoms with Gasteiger partial charge in [-0.05, 0) is 34.5 Å². The average Bonchev–Trinajstić information content (AvgIpc) is 2.59. The van der Waals surface area contributed by atoms with Crippen LogP contribution in [-0.2, 0) is 4.74 Å². The van der Waals surface area contributed by atoms with Crippen LogP contribution in [0.2, 0.25) is 0 Å². The van der Waals surface area contributed by atoms with E-state index in [1.54, 1.807) is 11.3 Å². The lowest BCUT2D eigenvalue weighted by atomic mass is 10.3. The summed E-state index contributed by atoms with van der Waals surface area (Å²) in [6.07, 6.45) is -1.86. The number of ether oxygens (including phenoxy) is 1. The third-order valence-corrected chi connectivity index (χ3v) is 3.98. The second-order valence-corrected chi connectivity index (χ2v) is 5.89. The van der Waals surface area contributed by atoms with E-state index in [0.29, 0.717) is 6.42 Å². The second kappa shape index (κ2) is 6.78. The molecule has 1 aromatic heterocycles. The Morgan fingerprint density at radius 2 is 2.20 bits per heavy atom. The Hall–Kier alpha value is 0.290. The van der Waals surface area contributed by atoms with Gasteiger partial charge in [0.05, 0.1) is 9.16 Å². The SMILES string of the molecule is FC(F)COCCC(Cl)c1ccc(Br)s1. The fraction of sp³-hybridized carbons (Fsp3) is 0.556. The Bertz CT molecular complexity index is 295. The molecule has 0 amide bonds. The minimum absolute atomic E-state index is 0.168. The number of alkyl halides is 3. The molecular formula is C9H10BrClF2OS. The van der Waals surface area contributed by atoms with E-state index in [4.69, 9.17) is 16.3 Å². The predicted octanol–water partition coefficient (Wildman–Crippen LogP) is 4.46. The summed E-state index contributed by atoms with van der Waals surface area (Å²) in [7, 11) is 0. The molecule has 0 N–H and O–H groups in total. The first-order valence-corrected chi connectivity index (χ1v) is 6.39. The molecule has 0 aromatic carbocycles. The molecule has 1 rings (SSSR count). The highest BCUT2D eigenvalue weighted by atomic mass is 79.9. The summed E-state index contributed by atoms with van der Waals surface area (Å²) in [5.41, 5.74) is 0. The number of hydrogen-bond donors (Lipinski definition) is 0. The molecular weight excluding hydrogens is 310 g/mol. The lowest BCUT2D eigenvalue weighted by molar-refractivity contribution is 0.0166. The Kier molecular flexibility index (Phi) is 6.04. The van der Waals surface area contributed by atoms with Gasteiger partial charge in [0, 0.05) is 11.5 Å². The van der Waals surface area contributed by atoms with Crippen molar-refractivity contribution in [2.24, 2.45) is 0 Å². The molecule has 0 radical (unpaired) electrons. The van der Waals surface area contributed by atoms with Crippen LogP contribution in [0.1, 0.15) is 16.7 Å². The predicted molar refractivity (Wildman–Crippen MR) is 62.1 cm³/mol. The Labute approximate surface area is 105 Å². The summed E-state index contributed by atoms with van der Waals surface area (Å²) < 4.78 is 29.2. The monoisotopic (exact) mass is 318 g/mol. The third-order valence-electron chi connectivity index (χ3n) is 1.66. The van der Waals surface area contributed by atoms with Crippen LogP contribution in [0.25, 0.3) is 0 Å². The molecule has 1 heterocycles. The fourth-order valence-electron chi connectivity index (χ4n) is 0.998. The highest BCUT2D eigenvalue weighted by Crippen LogP contribution is 2.32. The highest BCUT2D eigenvalue weighted by Gasteiger charge is 2.10. The summed E-state index contributed by atoms with van der Waals surface area (Å²) in [5.74, 6) is 0. The molecule has 86 valence electrons. The maximum absolute atomic E-state index is 11.7. The minimum atomic E-state index is -2.41. The Balaban J connectivity index is 2.21. The van der Waals surface area contributed by atoms with E-state index in [9.17, 15) is 8.78 Å². The lowest BCUT2D eigenvalue weighted by Crippen LogP contribution is -2.06. The molecule has 0 bridgehead atoms. The quantitative estimate of drug-likeness (QED) is 0.555. The van der Waals surface area contributed by atoms with E-state index < -0.39 is 13.0 Å². The van der Waals surface area contributed by atoms with Gasteiger partial charge in [-0.25, -0.2) is 8.78 Å². The van der Waals surface area contributed by atoms with E-state index in [2.05, 4.69) is 15.9 Å². The van der Waals surface area contributed by atoms with Crippen molar-refractivity contribution in [3.63, 3.8) is 0 Å². The van der Waals surface area contributed by atoms with Gasteiger partial charge in [0.2, 0.25) is 0 Å². The van der Waals surface area contributed by atoms with Gasteiger partial charge in [-0.15, -0.1) is 22.9 Å². The molecule has 1 atom stereocenters. The van der Waals surface area contributed by atoms with Crippen molar-refractivity contribution in [1.82, 2.24) is 0 Å². The summed E-state index contributed by atoms with van der Waals surface area (Å²) in [6.45, 7) is -0.258. The van der Waals surface area contributed by atoms with Crippen molar-refractivity contribution >= 4 is 38.9 Å². The molecule has 0 saturated carbocycles. The van der Waals surface area contributed by atoms with Crippen LogP contribution in [0.4, 0.5) is 8.78 Å². The highest BCUT2D eigenvalue weighted by molar-refractivity contribution is 9.11. The van der Waals surface area contributed by atoms with Gasteiger partial charge in [-0.1, -0.05) is 0 Å². The van der Waals surface area contributed by atoms with Crippen LogP contribution in [0.15, 0.2) is 15.9 Å². The standard InChI is InChI=1S/C9H10BrClF2OS/c10-8-2-1-7(15-8)6(11)3-4-14-5-9(12)13/h1-2,6,9H,3-5H2. The largest absolute Gasteiger partial charge is 0.375 e. The van der Waals surface area contributed by atoms with E-state index in [0.717, 1.165) is 8.66 Å². The molecule has 0 spiro atoms. The van der Waals surface area contributed by atoms with E-state index >= 15 is 0 Å². The second-order valence-electron chi connectivity index (χ2n) is 2.86. The molecule has 0 saturated heterocycles. The van der Waals surface area contributed by atoms with Crippen molar-refractivity contribution in [3.8, 4) is 0 Å². The topological polar surface area (TPSA) is 9.23 Å². The van der Waals surface area contributed by atoms with Crippen molar-refractivity contribution in [3.05, 3.63) is 20.8 Å². The summed E-state index contributed by atoms with van der Waals surface area (Å²) in [5, 5.41) is -0.168. The van der Waals surface area contributed by atoms with Gasteiger partial charge in [0.1, 0.15) is 6.61 Å². The number of thiophene rings is 1. The van der Waals surface area contributed by atoms with Crippen LogP contribution < -0.4 is 0 Å². The molecule has 0 aliphatic rings. The normalized spacial score (nSPS) is 13.4. The van der Waals surface area contributed by atoms with Crippen molar-refractivity contribution < 1.29 is 13.5 Å². The zero-order valence-electron chi connectivity index (χ0n) is 7.76. The van der Waals surface area contributed by atoms with E-state index in [1.165, 1.54) is 0 Å². The first kappa shape index (κ1) is 13.4. The molecule has 1 aromatic rings. The van der Waals surface area contributed by atoms with Gasteiger partial charge in [0.15, 0.2) is 0 Å². The van der Waals surface area contributed by atoms with Crippen LogP contribution in [0.5, 0.6) is 0 Å². The number of hydrogen-bond acceptors (Lipinski definition) is 2. The number of halogens is 4. The van der Waals surface area contributed by atoms with Gasteiger partial charge < -0.3 is 4.74 Å². The van der Waals surface area contributed by atoms with Crippen molar-refractivity contribution in [1.29, 1.82) is 0 Å². The fourth-order valence-corrected chi connectivity index (χ4v) is 2.73. The van der Waals surface area contributed by atoms with Crippen LogP contribution in [-0.4, -0.2) is 19.6 Å². The summed E-state index contributed by atoms with van der Waals surface area (Å²) in [6, 6.07) is 3.83. The van der Waals surface area contributed by atoms with Crippen LogP contribution >= 0.6 is 38.9 Å². The van der Waals surface area contributed by atoms with Crippen LogP contribution in [0, 0.1) is 0 Å². The maximum atomic E-state index is 11.7. The zero-order chi connectivity index (χ0) is 11.3. The average molecular weight is 320 g/mol. The molecule has 1 unspecified atom stereocenters. The maximum Gasteiger partial charge on any atom is 0.261 e. The van der Waals surface area contributed by atoms with E-state index in [-0.39, 0.29) is 12.0 Å². The van der Waals surface area contributed by atoms with Gasteiger partial charge in [0.25, 0.3) is 6.43 Å². The Morgan fingerprint density at radius 1 is 1.47 bits per heavy atom. The first-order chi connectivity index (χ1) is 7.09. The number of rotatable bonds is 6. The molecule has 0 aliphatic heterocycles. The third kappa shape index (κ3) is 5.24. The summed E-state index contributed by atoms with van der Waals surface area (Å²) in [4.78, 5) is 1.02. The van der Waals surface area contributed by atoms with Gasteiger partial charge in [-0.2, -0.15) is 0 Å². The molecule has 15 heavy (non-hydrogen) atoms. The van der Waals surface area contributed by atoms with Crippen molar-refractivity contribution in [2.75, 3.05) is 13.2 Å².